The van der Waals surface area contributed by atoms with Crippen molar-refractivity contribution in [1.29, 1.82) is 0 Å². The number of rotatable bonds is 8. The summed E-state index contributed by atoms with van der Waals surface area (Å²) >= 11 is 0. The topological polar surface area (TPSA) is 80.7 Å². The van der Waals surface area contributed by atoms with Crippen molar-refractivity contribution < 1.29 is 76.0 Å². The molecule has 0 aliphatic rings. The Labute approximate surface area is 235 Å². The second kappa shape index (κ2) is 13.3. The largest absolute Gasteiger partial charge is 1.00 e. The maximum absolute atomic E-state index is 12.5. The Kier molecular flexibility index (Phi) is 12.2. The molecule has 0 aliphatic carbocycles. The summed E-state index contributed by atoms with van der Waals surface area (Å²) in [5.41, 5.74) is -0.298. The minimum Gasteiger partial charge on any atom is -1.00 e. The van der Waals surface area contributed by atoms with Crippen molar-refractivity contribution in [3.8, 4) is 0 Å². The maximum atomic E-state index is 12.5. The number of benzene rings is 3. The Morgan fingerprint density at radius 2 is 1.52 bits per heavy atom. The van der Waals surface area contributed by atoms with Crippen LogP contribution >= 0.6 is 7.26 Å². The van der Waals surface area contributed by atoms with Crippen LogP contribution in [-0.2, 0) is 19.6 Å². The molecule has 0 saturated heterocycles. The average Bonchev–Trinajstić information content (AvgIpc) is 2.76. The Hall–Kier alpha value is -0.800. The molecule has 1 unspecified atom stereocenters. The number of esters is 1. The van der Waals surface area contributed by atoms with Gasteiger partial charge in [-0.1, -0.05) is 36.4 Å². The van der Waals surface area contributed by atoms with Gasteiger partial charge in [0, 0.05) is 10.2 Å². The first kappa shape index (κ1) is 30.2. The second-order valence-electron chi connectivity index (χ2n) is 7.11. The van der Waals surface area contributed by atoms with Crippen molar-refractivity contribution >= 4 is 39.3 Å². The summed E-state index contributed by atoms with van der Waals surface area (Å²) in [6.45, 7) is 3.95. The van der Waals surface area contributed by atoms with Crippen LogP contribution in [0.5, 0.6) is 0 Å². The van der Waals surface area contributed by atoms with Crippen LogP contribution in [0.25, 0.3) is 0 Å². The molecule has 1 N–H and O–H groups in total. The SMILES string of the molecule is CCOC(=O)CC(C)[P+](c1ccccc1)(c1ccccc1)c1ccc[c-]c1S(=O)(=O)O.[I-].[Na+]. The van der Waals surface area contributed by atoms with Crippen molar-refractivity contribution in [2.75, 3.05) is 6.61 Å². The van der Waals surface area contributed by atoms with Gasteiger partial charge in [-0.2, -0.15) is 26.6 Å². The summed E-state index contributed by atoms with van der Waals surface area (Å²) in [6.07, 6.45) is 0.102. The normalized spacial score (nSPS) is 12.1. The van der Waals surface area contributed by atoms with Crippen molar-refractivity contribution in [3.05, 3.63) is 84.9 Å². The monoisotopic (exact) mass is 606 g/mol. The molecule has 3 aromatic rings. The molecule has 0 aliphatic heterocycles. The van der Waals surface area contributed by atoms with E-state index in [1.54, 1.807) is 19.1 Å². The minimum atomic E-state index is -4.55. The molecule has 9 heteroatoms. The summed E-state index contributed by atoms with van der Waals surface area (Å²) < 4.78 is 40.0. The first-order chi connectivity index (χ1) is 14.8. The Morgan fingerprint density at radius 1 is 1.00 bits per heavy atom. The number of halogens is 1. The van der Waals surface area contributed by atoms with Crippen LogP contribution < -0.4 is 69.4 Å². The van der Waals surface area contributed by atoms with Gasteiger partial charge < -0.3 is 28.7 Å². The molecule has 0 spiro atoms. The molecule has 3 rings (SSSR count). The first-order valence-electron chi connectivity index (χ1n) is 9.96. The zero-order valence-corrected chi connectivity index (χ0v) is 24.7. The molecule has 0 radical (unpaired) electrons. The Bertz CT molecular complexity index is 1100. The maximum Gasteiger partial charge on any atom is 1.00 e. The zero-order valence-electron chi connectivity index (χ0n) is 18.8. The molecular formula is C24H25INaO5PS. The minimum absolute atomic E-state index is 0. The van der Waals surface area contributed by atoms with Crippen LogP contribution in [-0.4, -0.2) is 31.2 Å². The summed E-state index contributed by atoms with van der Waals surface area (Å²) in [6, 6.07) is 26.8. The molecule has 0 aromatic heterocycles. The first-order valence-corrected chi connectivity index (χ1v) is 13.3. The molecule has 0 heterocycles. The zero-order chi connectivity index (χ0) is 22.5. The van der Waals surface area contributed by atoms with E-state index in [4.69, 9.17) is 4.74 Å². The van der Waals surface area contributed by atoms with E-state index in [0.717, 1.165) is 10.6 Å². The van der Waals surface area contributed by atoms with Crippen LogP contribution in [0.1, 0.15) is 20.3 Å². The fraction of sp³-hybridized carbons (Fsp3) is 0.208. The fourth-order valence-corrected chi connectivity index (χ4v) is 10.1. The van der Waals surface area contributed by atoms with E-state index in [-0.39, 0.29) is 83.1 Å². The van der Waals surface area contributed by atoms with E-state index < -0.39 is 17.4 Å². The van der Waals surface area contributed by atoms with Crippen LogP contribution in [0.2, 0.25) is 0 Å². The number of carbonyl (C=O) groups excluding carboxylic acids is 1. The summed E-state index contributed by atoms with van der Waals surface area (Å²) in [5.74, 6) is -0.348. The molecule has 0 fully saturated rings. The predicted octanol–water partition coefficient (Wildman–Crippen LogP) is -2.62. The molecular weight excluding hydrogens is 581 g/mol. The molecule has 0 bridgehead atoms. The van der Waals surface area contributed by atoms with E-state index in [1.165, 1.54) is 6.07 Å². The number of carbonyl (C=O) groups is 1. The standard InChI is InChI=1S/C24H25O5PS.HI.Na/c1-3-29-24(25)18-19(2)30(20-12-6-4-7-13-20,21-14-8-5-9-15-21)22-16-10-11-17-23(22)31(26,27)28;;/h4-16,19H,3,18H2,1-2H3,(H,26,27,28);1H;/q;;+1/p-1. The summed E-state index contributed by atoms with van der Waals surface area (Å²) in [5, 5.41) is 2.27. The van der Waals surface area contributed by atoms with Gasteiger partial charge in [0.05, 0.1) is 36.6 Å². The second-order valence-corrected chi connectivity index (χ2v) is 12.3. The molecule has 0 amide bonds. The molecule has 0 saturated carbocycles. The summed E-state index contributed by atoms with van der Waals surface area (Å²) in [7, 11) is -7.28. The molecule has 5 nitrogen and oxygen atoms in total. The summed E-state index contributed by atoms with van der Waals surface area (Å²) in [4.78, 5) is 12.2. The fourth-order valence-electron chi connectivity index (χ4n) is 3.99. The number of hydrogen-bond acceptors (Lipinski definition) is 4. The van der Waals surface area contributed by atoms with Crippen molar-refractivity contribution in [1.82, 2.24) is 0 Å². The van der Waals surface area contributed by atoms with Gasteiger partial charge in [-0.15, -0.1) is 6.07 Å². The van der Waals surface area contributed by atoms with Crippen LogP contribution in [0, 0.1) is 6.07 Å². The van der Waals surface area contributed by atoms with Gasteiger partial charge in [0.15, 0.2) is 0 Å². The van der Waals surface area contributed by atoms with E-state index in [1.807, 2.05) is 67.6 Å². The molecule has 3 aromatic carbocycles. The van der Waals surface area contributed by atoms with Gasteiger partial charge >= 0.3 is 35.5 Å². The van der Waals surface area contributed by atoms with E-state index in [2.05, 4.69) is 6.07 Å². The van der Waals surface area contributed by atoms with E-state index in [0.29, 0.717) is 5.30 Å². The molecule has 33 heavy (non-hydrogen) atoms. The van der Waals surface area contributed by atoms with Gasteiger partial charge in [0.25, 0.3) is 10.1 Å². The van der Waals surface area contributed by atoms with Gasteiger partial charge in [0.1, 0.15) is 0 Å². The van der Waals surface area contributed by atoms with Gasteiger partial charge in [0.2, 0.25) is 0 Å². The third kappa shape index (κ3) is 6.66. The van der Waals surface area contributed by atoms with Gasteiger partial charge in [-0.05, 0) is 38.1 Å². The van der Waals surface area contributed by atoms with Crippen molar-refractivity contribution in [2.45, 2.75) is 30.8 Å². The van der Waals surface area contributed by atoms with Crippen molar-refractivity contribution in [3.63, 3.8) is 0 Å². The van der Waals surface area contributed by atoms with E-state index >= 15 is 0 Å². The number of hydrogen-bond donors (Lipinski definition) is 1. The van der Waals surface area contributed by atoms with Crippen LogP contribution in [0.3, 0.4) is 0 Å². The third-order valence-corrected chi connectivity index (χ3v) is 11.1. The molecule has 170 valence electrons. The quantitative estimate of drug-likeness (QED) is 0.0760. The molecule has 1 atom stereocenters. The Balaban J connectivity index is 0.00000272. The third-order valence-electron chi connectivity index (χ3n) is 5.19. The van der Waals surface area contributed by atoms with E-state index in [9.17, 15) is 17.8 Å². The number of ether oxygens (including phenoxy) is 1. The van der Waals surface area contributed by atoms with Crippen molar-refractivity contribution in [2.24, 2.45) is 0 Å². The van der Waals surface area contributed by atoms with Gasteiger partial charge in [-0.25, -0.2) is 0 Å². The van der Waals surface area contributed by atoms with Gasteiger partial charge in [-0.3, -0.25) is 9.35 Å². The Morgan fingerprint density at radius 3 is 1.97 bits per heavy atom. The predicted molar refractivity (Wildman–Crippen MR) is 125 cm³/mol. The average molecular weight is 606 g/mol. The smallest absolute Gasteiger partial charge is 1.00 e. The van der Waals surface area contributed by atoms with Crippen LogP contribution in [0.4, 0.5) is 0 Å². The van der Waals surface area contributed by atoms with Crippen LogP contribution in [0.15, 0.2) is 83.8 Å².